The van der Waals surface area contributed by atoms with Crippen LogP contribution in [-0.2, 0) is 0 Å². The van der Waals surface area contributed by atoms with Gasteiger partial charge in [0.05, 0.1) is 25.3 Å². The first-order valence-corrected chi connectivity index (χ1v) is 10.5. The molecule has 0 bridgehead atoms. The number of aromatic nitrogens is 1. The largest absolute Gasteiger partial charge is 0.493 e. The summed E-state index contributed by atoms with van der Waals surface area (Å²) >= 11 is 0. The van der Waals surface area contributed by atoms with Gasteiger partial charge < -0.3 is 18.8 Å². The molecule has 6 nitrogen and oxygen atoms in total. The Morgan fingerprint density at radius 1 is 0.967 bits per heavy atom. The normalized spacial score (nSPS) is 15.0. The van der Waals surface area contributed by atoms with Crippen LogP contribution in [0.3, 0.4) is 0 Å². The maximum atomic E-state index is 13.6. The number of hydrogen-bond donors (Lipinski definition) is 0. The zero-order valence-electron chi connectivity index (χ0n) is 17.9. The molecule has 1 amide bonds. The number of nitrogens with zero attached hydrogens (tertiary/aromatic N) is 2. The number of ether oxygens (including phenoxy) is 2. The summed E-state index contributed by atoms with van der Waals surface area (Å²) < 4.78 is 16.7. The van der Waals surface area contributed by atoms with Crippen molar-refractivity contribution < 1.29 is 18.7 Å². The Morgan fingerprint density at radius 2 is 1.63 bits per heavy atom. The lowest BCUT2D eigenvalue weighted by Crippen LogP contribution is -2.34. The number of aryl methyl sites for hydroxylation is 1. The van der Waals surface area contributed by atoms with Crippen LogP contribution in [-0.4, -0.2) is 43.1 Å². The molecule has 0 unspecified atom stereocenters. The third-order valence-electron chi connectivity index (χ3n) is 5.68. The quantitative estimate of drug-likeness (QED) is 0.592. The molecule has 2 aromatic heterocycles. The molecule has 0 aliphatic carbocycles. The molecule has 0 saturated carbocycles. The van der Waals surface area contributed by atoms with Crippen LogP contribution in [0, 0.1) is 6.92 Å². The van der Waals surface area contributed by atoms with E-state index in [2.05, 4.69) is 0 Å². The lowest BCUT2D eigenvalue weighted by molar-refractivity contribution is 0.0744. The minimum Gasteiger partial charge on any atom is -0.493 e. The predicted octanol–water partition coefficient (Wildman–Crippen LogP) is 5.23. The van der Waals surface area contributed by atoms with E-state index in [4.69, 9.17) is 18.9 Å². The van der Waals surface area contributed by atoms with Crippen molar-refractivity contribution in [3.05, 3.63) is 41.7 Å². The van der Waals surface area contributed by atoms with E-state index in [9.17, 15) is 4.79 Å². The number of fused-ring (bicyclic) bond motifs is 1. The van der Waals surface area contributed by atoms with Gasteiger partial charge in [0.25, 0.3) is 5.91 Å². The number of furan rings is 1. The predicted molar refractivity (Wildman–Crippen MR) is 116 cm³/mol. The third kappa shape index (κ3) is 3.99. The molecule has 6 heteroatoms. The van der Waals surface area contributed by atoms with E-state index >= 15 is 0 Å². The molecular formula is C24H28N2O4. The van der Waals surface area contributed by atoms with Crippen LogP contribution in [0.5, 0.6) is 11.5 Å². The van der Waals surface area contributed by atoms with Crippen molar-refractivity contribution in [3.8, 4) is 23.0 Å². The summed E-state index contributed by atoms with van der Waals surface area (Å²) in [6.45, 7) is 3.46. The van der Waals surface area contributed by atoms with Gasteiger partial charge in [0, 0.05) is 24.5 Å². The van der Waals surface area contributed by atoms with E-state index in [0.29, 0.717) is 34.0 Å². The van der Waals surface area contributed by atoms with Crippen molar-refractivity contribution in [1.29, 1.82) is 0 Å². The SMILES string of the molecule is COc1cc2nc(-c3ccc(C)o3)cc(C(=O)N3CCCCCCC3)c2cc1OC. The molecule has 1 fully saturated rings. The minimum atomic E-state index is 0.0287. The zero-order valence-corrected chi connectivity index (χ0v) is 17.9. The van der Waals surface area contributed by atoms with Gasteiger partial charge in [-0.05, 0) is 44.0 Å². The van der Waals surface area contributed by atoms with Gasteiger partial charge in [0.1, 0.15) is 11.5 Å². The van der Waals surface area contributed by atoms with Gasteiger partial charge in [-0.3, -0.25) is 4.79 Å². The van der Waals surface area contributed by atoms with Gasteiger partial charge in [0.15, 0.2) is 17.3 Å². The Kier molecular flexibility index (Phi) is 5.93. The summed E-state index contributed by atoms with van der Waals surface area (Å²) in [5.74, 6) is 2.63. The van der Waals surface area contributed by atoms with E-state index < -0.39 is 0 Å². The standard InChI is InChI=1S/C24H28N2O4/c1-16-9-10-21(30-16)20-13-18(24(27)26-11-7-5-4-6-8-12-26)17-14-22(28-2)23(29-3)15-19(17)25-20/h9-10,13-15H,4-8,11-12H2,1-3H3. The van der Waals surface area contributed by atoms with Crippen LogP contribution in [0.1, 0.15) is 48.2 Å². The Balaban J connectivity index is 1.86. The number of rotatable bonds is 4. The van der Waals surface area contributed by atoms with Crippen molar-refractivity contribution in [3.63, 3.8) is 0 Å². The molecule has 30 heavy (non-hydrogen) atoms. The molecule has 0 atom stereocenters. The van der Waals surface area contributed by atoms with Crippen molar-refractivity contribution in [2.75, 3.05) is 27.3 Å². The van der Waals surface area contributed by atoms with Gasteiger partial charge >= 0.3 is 0 Å². The number of carbonyl (C=O) groups excluding carboxylic acids is 1. The highest BCUT2D eigenvalue weighted by Gasteiger charge is 2.22. The summed E-state index contributed by atoms with van der Waals surface area (Å²) in [4.78, 5) is 20.4. The molecule has 1 saturated heterocycles. The molecule has 0 N–H and O–H groups in total. The molecule has 0 radical (unpaired) electrons. The van der Waals surface area contributed by atoms with Gasteiger partial charge in [-0.15, -0.1) is 0 Å². The van der Waals surface area contributed by atoms with Gasteiger partial charge in [-0.1, -0.05) is 19.3 Å². The van der Waals surface area contributed by atoms with Crippen LogP contribution in [0.4, 0.5) is 0 Å². The highest BCUT2D eigenvalue weighted by atomic mass is 16.5. The highest BCUT2D eigenvalue weighted by Crippen LogP contribution is 2.35. The zero-order chi connectivity index (χ0) is 21.1. The first-order valence-electron chi connectivity index (χ1n) is 10.5. The molecule has 1 aromatic carbocycles. The Bertz CT molecular complexity index is 1050. The maximum absolute atomic E-state index is 13.6. The van der Waals surface area contributed by atoms with Crippen LogP contribution >= 0.6 is 0 Å². The second-order valence-electron chi connectivity index (χ2n) is 7.75. The monoisotopic (exact) mass is 408 g/mol. The van der Waals surface area contributed by atoms with Crippen molar-refractivity contribution in [1.82, 2.24) is 9.88 Å². The minimum absolute atomic E-state index is 0.0287. The number of amides is 1. The molecule has 0 spiro atoms. The lowest BCUT2D eigenvalue weighted by Gasteiger charge is -2.25. The molecule has 1 aliphatic heterocycles. The maximum Gasteiger partial charge on any atom is 0.254 e. The number of likely N-dealkylation sites (tertiary alicyclic amines) is 1. The lowest BCUT2D eigenvalue weighted by atomic mass is 10.0. The molecule has 3 aromatic rings. The van der Waals surface area contributed by atoms with E-state index in [0.717, 1.165) is 37.1 Å². The summed E-state index contributed by atoms with van der Waals surface area (Å²) in [6, 6.07) is 9.28. The highest BCUT2D eigenvalue weighted by molar-refractivity contribution is 6.07. The number of benzene rings is 1. The Hall–Kier alpha value is -3.02. The fourth-order valence-corrected chi connectivity index (χ4v) is 4.05. The van der Waals surface area contributed by atoms with E-state index in [1.54, 1.807) is 14.2 Å². The average molecular weight is 408 g/mol. The summed E-state index contributed by atoms with van der Waals surface area (Å²) in [6.07, 6.45) is 5.66. The topological polar surface area (TPSA) is 64.8 Å². The Labute approximate surface area is 176 Å². The summed E-state index contributed by atoms with van der Waals surface area (Å²) in [7, 11) is 3.19. The van der Waals surface area contributed by atoms with Crippen LogP contribution in [0.25, 0.3) is 22.4 Å². The van der Waals surface area contributed by atoms with E-state index in [1.165, 1.54) is 19.3 Å². The number of hydrogen-bond acceptors (Lipinski definition) is 5. The van der Waals surface area contributed by atoms with Gasteiger partial charge in [0.2, 0.25) is 0 Å². The fourth-order valence-electron chi connectivity index (χ4n) is 4.05. The van der Waals surface area contributed by atoms with Crippen LogP contribution < -0.4 is 9.47 Å². The molecule has 1 aliphatic rings. The van der Waals surface area contributed by atoms with Crippen LogP contribution in [0.2, 0.25) is 0 Å². The number of pyridine rings is 1. The van der Waals surface area contributed by atoms with Crippen molar-refractivity contribution in [2.24, 2.45) is 0 Å². The second-order valence-corrected chi connectivity index (χ2v) is 7.75. The van der Waals surface area contributed by atoms with Crippen molar-refractivity contribution >= 4 is 16.8 Å². The summed E-state index contributed by atoms with van der Waals surface area (Å²) in [5, 5.41) is 0.756. The third-order valence-corrected chi connectivity index (χ3v) is 5.68. The first-order chi connectivity index (χ1) is 14.6. The second kappa shape index (κ2) is 8.78. The first kappa shape index (κ1) is 20.3. The number of carbonyl (C=O) groups is 1. The van der Waals surface area contributed by atoms with Gasteiger partial charge in [-0.2, -0.15) is 0 Å². The summed E-state index contributed by atoms with van der Waals surface area (Å²) in [5.41, 5.74) is 1.93. The van der Waals surface area contributed by atoms with E-state index in [1.807, 2.05) is 42.2 Å². The average Bonchev–Trinajstić information content (AvgIpc) is 3.17. The van der Waals surface area contributed by atoms with Gasteiger partial charge in [-0.25, -0.2) is 4.98 Å². The van der Waals surface area contributed by atoms with Crippen molar-refractivity contribution in [2.45, 2.75) is 39.0 Å². The molecule has 158 valence electrons. The molecule has 3 heterocycles. The Morgan fingerprint density at radius 3 is 2.27 bits per heavy atom. The van der Waals surface area contributed by atoms with Crippen LogP contribution in [0.15, 0.2) is 34.7 Å². The molecule has 4 rings (SSSR count). The fraction of sp³-hybridized carbons (Fsp3) is 0.417. The molecular weight excluding hydrogens is 380 g/mol. The smallest absolute Gasteiger partial charge is 0.254 e. The number of methoxy groups -OCH3 is 2. The van der Waals surface area contributed by atoms with E-state index in [-0.39, 0.29) is 5.91 Å².